The van der Waals surface area contributed by atoms with E-state index in [0.717, 1.165) is 24.5 Å². The molecule has 0 saturated carbocycles. The van der Waals surface area contributed by atoms with Crippen molar-refractivity contribution in [1.82, 2.24) is 9.97 Å². The summed E-state index contributed by atoms with van der Waals surface area (Å²) in [4.78, 5) is 10.6. The number of rotatable bonds is 3. The van der Waals surface area contributed by atoms with Gasteiger partial charge in [-0.15, -0.1) is 0 Å². The molecule has 0 amide bonds. The zero-order valence-electron chi connectivity index (χ0n) is 11.8. The molecule has 1 aliphatic heterocycles. The Labute approximate surface area is 128 Å². The first-order valence-electron chi connectivity index (χ1n) is 6.81. The van der Waals surface area contributed by atoms with Crippen molar-refractivity contribution in [2.75, 3.05) is 31.2 Å². The third-order valence-electron chi connectivity index (χ3n) is 3.26. The molecule has 0 atom stereocenters. The number of aromatic nitrogens is 2. The number of benzene rings is 1. The van der Waals surface area contributed by atoms with Gasteiger partial charge in [-0.1, -0.05) is 17.7 Å². The maximum absolute atomic E-state index is 6.14. The molecule has 0 spiro atoms. The number of anilines is 1. The number of aryl methyl sites for hydroxylation is 1. The maximum atomic E-state index is 6.14. The van der Waals surface area contributed by atoms with E-state index in [9.17, 15) is 0 Å². The molecule has 1 aromatic carbocycles. The van der Waals surface area contributed by atoms with Gasteiger partial charge < -0.3 is 14.4 Å². The molecular formula is C15H16ClN3O2. The van der Waals surface area contributed by atoms with Crippen LogP contribution in [0.2, 0.25) is 5.02 Å². The van der Waals surface area contributed by atoms with Gasteiger partial charge in [-0.05, 0) is 24.6 Å². The molecule has 1 fully saturated rings. The molecule has 110 valence electrons. The Hall–Kier alpha value is -1.85. The first-order valence-corrected chi connectivity index (χ1v) is 7.19. The lowest BCUT2D eigenvalue weighted by molar-refractivity contribution is 0.122. The van der Waals surface area contributed by atoms with Gasteiger partial charge in [-0.3, -0.25) is 0 Å². The third kappa shape index (κ3) is 3.43. The van der Waals surface area contributed by atoms with Crippen LogP contribution in [-0.4, -0.2) is 36.3 Å². The second kappa shape index (κ2) is 6.28. The summed E-state index contributed by atoms with van der Waals surface area (Å²) in [5.41, 5.74) is 1.08. The molecule has 5 nitrogen and oxygen atoms in total. The molecule has 2 heterocycles. The normalized spacial score (nSPS) is 15.0. The minimum Gasteiger partial charge on any atom is -0.437 e. The highest BCUT2D eigenvalue weighted by Crippen LogP contribution is 2.30. The minimum atomic E-state index is 0.485. The maximum Gasteiger partial charge on any atom is 0.224 e. The monoisotopic (exact) mass is 305 g/mol. The number of ether oxygens (including phenoxy) is 2. The molecular weight excluding hydrogens is 290 g/mol. The average molecular weight is 306 g/mol. The topological polar surface area (TPSA) is 47.5 Å². The van der Waals surface area contributed by atoms with Gasteiger partial charge in [0.15, 0.2) is 0 Å². The summed E-state index contributed by atoms with van der Waals surface area (Å²) in [5, 5.41) is 0.562. The van der Waals surface area contributed by atoms with Gasteiger partial charge in [-0.2, -0.15) is 0 Å². The molecule has 1 aromatic heterocycles. The van der Waals surface area contributed by atoms with Crippen LogP contribution >= 0.6 is 11.6 Å². The van der Waals surface area contributed by atoms with Gasteiger partial charge in [0, 0.05) is 19.2 Å². The second-order valence-corrected chi connectivity index (χ2v) is 5.26. The number of morpholine rings is 1. The molecule has 3 rings (SSSR count). The standard InChI is InChI=1S/C15H16ClN3O2/c1-11-2-3-12(16)13(8-11)21-15-9-14(17-10-18-15)19-4-6-20-7-5-19/h2-3,8-10H,4-7H2,1H3. The van der Waals surface area contributed by atoms with Gasteiger partial charge in [0.2, 0.25) is 5.88 Å². The Bertz CT molecular complexity index is 630. The minimum absolute atomic E-state index is 0.485. The summed E-state index contributed by atoms with van der Waals surface area (Å²) in [5.74, 6) is 1.93. The quantitative estimate of drug-likeness (QED) is 0.872. The molecule has 0 radical (unpaired) electrons. The number of hydrogen-bond donors (Lipinski definition) is 0. The average Bonchev–Trinajstić information content (AvgIpc) is 2.52. The Morgan fingerprint density at radius 1 is 1.19 bits per heavy atom. The third-order valence-corrected chi connectivity index (χ3v) is 3.58. The molecule has 0 aliphatic carbocycles. The van der Waals surface area contributed by atoms with Crippen LogP contribution in [0, 0.1) is 6.92 Å². The van der Waals surface area contributed by atoms with Crippen LogP contribution in [0.25, 0.3) is 0 Å². The molecule has 2 aromatic rings. The predicted molar refractivity (Wildman–Crippen MR) is 81.3 cm³/mol. The van der Waals surface area contributed by atoms with Crippen LogP contribution in [0.15, 0.2) is 30.6 Å². The second-order valence-electron chi connectivity index (χ2n) is 4.85. The van der Waals surface area contributed by atoms with Crippen molar-refractivity contribution in [2.45, 2.75) is 6.92 Å². The Kier molecular flexibility index (Phi) is 4.22. The largest absolute Gasteiger partial charge is 0.437 e. The number of halogens is 1. The summed E-state index contributed by atoms with van der Waals surface area (Å²) in [7, 11) is 0. The summed E-state index contributed by atoms with van der Waals surface area (Å²) >= 11 is 6.14. The van der Waals surface area contributed by atoms with E-state index >= 15 is 0 Å². The van der Waals surface area contributed by atoms with Crippen molar-refractivity contribution in [3.8, 4) is 11.6 Å². The summed E-state index contributed by atoms with van der Waals surface area (Å²) < 4.78 is 11.1. The summed E-state index contributed by atoms with van der Waals surface area (Å²) in [6.45, 7) is 5.05. The zero-order valence-corrected chi connectivity index (χ0v) is 12.5. The van der Waals surface area contributed by atoms with Crippen LogP contribution in [-0.2, 0) is 4.74 Å². The molecule has 6 heteroatoms. The highest BCUT2D eigenvalue weighted by molar-refractivity contribution is 6.32. The first-order chi connectivity index (χ1) is 10.2. The fourth-order valence-electron chi connectivity index (χ4n) is 2.15. The summed E-state index contributed by atoms with van der Waals surface area (Å²) in [6.07, 6.45) is 1.50. The van der Waals surface area contributed by atoms with E-state index in [-0.39, 0.29) is 0 Å². The van der Waals surface area contributed by atoms with E-state index in [2.05, 4.69) is 14.9 Å². The fourth-order valence-corrected chi connectivity index (χ4v) is 2.31. The molecule has 0 unspecified atom stereocenters. The number of hydrogen-bond acceptors (Lipinski definition) is 5. The van der Waals surface area contributed by atoms with Gasteiger partial charge in [0.1, 0.15) is 17.9 Å². The lowest BCUT2D eigenvalue weighted by Gasteiger charge is -2.27. The van der Waals surface area contributed by atoms with Crippen molar-refractivity contribution in [3.63, 3.8) is 0 Å². The molecule has 21 heavy (non-hydrogen) atoms. The number of nitrogens with zero attached hydrogens (tertiary/aromatic N) is 3. The van der Waals surface area contributed by atoms with Crippen LogP contribution in [0.5, 0.6) is 11.6 Å². The Morgan fingerprint density at radius 2 is 2.00 bits per heavy atom. The predicted octanol–water partition coefficient (Wildman–Crippen LogP) is 3.07. The highest BCUT2D eigenvalue weighted by atomic mass is 35.5. The van der Waals surface area contributed by atoms with Crippen molar-refractivity contribution < 1.29 is 9.47 Å². The van der Waals surface area contributed by atoms with Crippen molar-refractivity contribution in [2.24, 2.45) is 0 Å². The molecule has 0 N–H and O–H groups in total. The molecule has 1 aliphatic rings. The van der Waals surface area contributed by atoms with Crippen LogP contribution < -0.4 is 9.64 Å². The lowest BCUT2D eigenvalue weighted by Crippen LogP contribution is -2.36. The van der Waals surface area contributed by atoms with Crippen molar-refractivity contribution in [3.05, 3.63) is 41.2 Å². The molecule has 0 bridgehead atoms. The van der Waals surface area contributed by atoms with Crippen LogP contribution in [0.1, 0.15) is 5.56 Å². The van der Waals surface area contributed by atoms with E-state index in [0.29, 0.717) is 29.9 Å². The Morgan fingerprint density at radius 3 is 2.81 bits per heavy atom. The van der Waals surface area contributed by atoms with E-state index in [1.165, 1.54) is 6.33 Å². The summed E-state index contributed by atoms with van der Waals surface area (Å²) in [6, 6.07) is 7.47. The SMILES string of the molecule is Cc1ccc(Cl)c(Oc2cc(N3CCOCC3)ncn2)c1. The van der Waals surface area contributed by atoms with Crippen molar-refractivity contribution in [1.29, 1.82) is 0 Å². The van der Waals surface area contributed by atoms with Gasteiger partial charge in [0.05, 0.1) is 18.2 Å². The van der Waals surface area contributed by atoms with Gasteiger partial charge >= 0.3 is 0 Å². The fraction of sp³-hybridized carbons (Fsp3) is 0.333. The zero-order chi connectivity index (χ0) is 14.7. The van der Waals surface area contributed by atoms with Gasteiger partial charge in [-0.25, -0.2) is 9.97 Å². The van der Waals surface area contributed by atoms with Crippen LogP contribution in [0.4, 0.5) is 5.82 Å². The Balaban J connectivity index is 1.81. The molecule has 1 saturated heterocycles. The van der Waals surface area contributed by atoms with Crippen LogP contribution in [0.3, 0.4) is 0 Å². The lowest BCUT2D eigenvalue weighted by atomic mass is 10.2. The highest BCUT2D eigenvalue weighted by Gasteiger charge is 2.14. The first kappa shape index (κ1) is 14.1. The van der Waals surface area contributed by atoms with Crippen molar-refractivity contribution >= 4 is 17.4 Å². The smallest absolute Gasteiger partial charge is 0.224 e. The van der Waals surface area contributed by atoms with E-state index in [1.807, 2.05) is 31.2 Å². The van der Waals surface area contributed by atoms with Gasteiger partial charge in [0.25, 0.3) is 0 Å². The van der Waals surface area contributed by atoms with E-state index < -0.39 is 0 Å². The van der Waals surface area contributed by atoms with E-state index in [1.54, 1.807) is 0 Å². The van der Waals surface area contributed by atoms with E-state index in [4.69, 9.17) is 21.1 Å².